The molecule has 0 bridgehead atoms. The fraction of sp³-hybridized carbons (Fsp3) is 0.647. The molecule has 112 valence electrons. The van der Waals surface area contributed by atoms with E-state index in [0.717, 1.165) is 31.2 Å². The first kappa shape index (κ1) is 15.3. The maximum atomic E-state index is 5.36. The van der Waals surface area contributed by atoms with Gasteiger partial charge in [0.05, 0.1) is 7.11 Å². The number of ether oxygens (including phenoxy) is 1. The molecule has 2 rings (SSSR count). The molecule has 1 N–H and O–H groups in total. The third-order valence-electron chi connectivity index (χ3n) is 4.09. The van der Waals surface area contributed by atoms with Crippen molar-refractivity contribution in [2.24, 2.45) is 5.92 Å². The quantitative estimate of drug-likeness (QED) is 0.828. The van der Waals surface area contributed by atoms with Crippen LogP contribution in [0.4, 0.5) is 0 Å². The molecule has 2 atom stereocenters. The van der Waals surface area contributed by atoms with Crippen molar-refractivity contribution in [3.05, 3.63) is 29.8 Å². The minimum Gasteiger partial charge on any atom is -0.497 e. The number of likely N-dealkylation sites (tertiary alicyclic amines) is 1. The van der Waals surface area contributed by atoms with Crippen LogP contribution in [-0.4, -0.2) is 38.2 Å². The molecule has 1 saturated heterocycles. The summed E-state index contributed by atoms with van der Waals surface area (Å²) in [4.78, 5) is 2.58. The molecule has 0 aromatic heterocycles. The smallest absolute Gasteiger partial charge is 0.119 e. The van der Waals surface area contributed by atoms with Crippen molar-refractivity contribution in [2.45, 2.75) is 32.7 Å². The molecule has 2 unspecified atom stereocenters. The SMILES string of the molecule is CCCNC(CN1CCC(C)C1)c1cccc(OC)c1. The molecular weight excluding hydrogens is 248 g/mol. The van der Waals surface area contributed by atoms with Gasteiger partial charge < -0.3 is 15.0 Å². The van der Waals surface area contributed by atoms with Gasteiger partial charge >= 0.3 is 0 Å². The number of hydrogen-bond donors (Lipinski definition) is 1. The molecule has 1 aliphatic rings. The summed E-state index contributed by atoms with van der Waals surface area (Å²) in [5.74, 6) is 1.78. The second-order valence-electron chi connectivity index (χ2n) is 5.94. The van der Waals surface area contributed by atoms with Gasteiger partial charge in [0.1, 0.15) is 5.75 Å². The van der Waals surface area contributed by atoms with Crippen LogP contribution in [0, 0.1) is 5.92 Å². The highest BCUT2D eigenvalue weighted by Crippen LogP contribution is 2.23. The maximum Gasteiger partial charge on any atom is 0.119 e. The Labute approximate surface area is 123 Å². The first-order valence-electron chi connectivity index (χ1n) is 7.82. The van der Waals surface area contributed by atoms with Gasteiger partial charge in [-0.3, -0.25) is 0 Å². The molecule has 0 radical (unpaired) electrons. The molecule has 1 aromatic carbocycles. The van der Waals surface area contributed by atoms with Crippen LogP contribution in [0.5, 0.6) is 5.75 Å². The predicted octanol–water partition coefficient (Wildman–Crippen LogP) is 3.08. The molecule has 3 heteroatoms. The molecule has 0 amide bonds. The van der Waals surface area contributed by atoms with Gasteiger partial charge in [-0.2, -0.15) is 0 Å². The van der Waals surface area contributed by atoms with Crippen LogP contribution in [0.1, 0.15) is 38.3 Å². The Morgan fingerprint density at radius 3 is 2.95 bits per heavy atom. The molecule has 1 heterocycles. The molecule has 1 aliphatic heterocycles. The van der Waals surface area contributed by atoms with Crippen LogP contribution in [0.2, 0.25) is 0 Å². The van der Waals surface area contributed by atoms with Crippen molar-refractivity contribution in [1.29, 1.82) is 0 Å². The van der Waals surface area contributed by atoms with Gasteiger partial charge in [0.2, 0.25) is 0 Å². The van der Waals surface area contributed by atoms with E-state index in [1.165, 1.54) is 25.1 Å². The molecule has 0 aliphatic carbocycles. The normalized spacial score (nSPS) is 21.1. The van der Waals surface area contributed by atoms with E-state index in [2.05, 4.69) is 42.3 Å². The van der Waals surface area contributed by atoms with Gasteiger partial charge in [0, 0.05) is 19.1 Å². The zero-order valence-electron chi connectivity index (χ0n) is 13.1. The zero-order valence-corrected chi connectivity index (χ0v) is 13.1. The second-order valence-corrected chi connectivity index (χ2v) is 5.94. The van der Waals surface area contributed by atoms with Crippen molar-refractivity contribution >= 4 is 0 Å². The summed E-state index contributed by atoms with van der Waals surface area (Å²) >= 11 is 0. The van der Waals surface area contributed by atoms with E-state index in [0.29, 0.717) is 6.04 Å². The van der Waals surface area contributed by atoms with Crippen molar-refractivity contribution in [1.82, 2.24) is 10.2 Å². The summed E-state index contributed by atoms with van der Waals surface area (Å²) in [5.41, 5.74) is 1.33. The van der Waals surface area contributed by atoms with E-state index >= 15 is 0 Å². The summed E-state index contributed by atoms with van der Waals surface area (Å²) in [5, 5.41) is 3.68. The fourth-order valence-corrected chi connectivity index (χ4v) is 2.91. The first-order valence-corrected chi connectivity index (χ1v) is 7.82. The molecule has 3 nitrogen and oxygen atoms in total. The number of hydrogen-bond acceptors (Lipinski definition) is 3. The Bertz CT molecular complexity index is 408. The fourth-order valence-electron chi connectivity index (χ4n) is 2.91. The minimum atomic E-state index is 0.398. The zero-order chi connectivity index (χ0) is 14.4. The summed E-state index contributed by atoms with van der Waals surface area (Å²) in [6.45, 7) is 9.18. The summed E-state index contributed by atoms with van der Waals surface area (Å²) in [6, 6.07) is 8.86. The monoisotopic (exact) mass is 276 g/mol. The highest BCUT2D eigenvalue weighted by Gasteiger charge is 2.22. The van der Waals surface area contributed by atoms with Crippen LogP contribution < -0.4 is 10.1 Å². The third-order valence-corrected chi connectivity index (χ3v) is 4.09. The Hall–Kier alpha value is -1.06. The number of benzene rings is 1. The van der Waals surface area contributed by atoms with Gasteiger partial charge in [0.25, 0.3) is 0 Å². The standard InChI is InChI=1S/C17H28N2O/c1-4-9-18-17(13-19-10-8-14(2)12-19)15-6-5-7-16(11-15)20-3/h5-7,11,14,17-18H,4,8-10,12-13H2,1-3H3. The van der Waals surface area contributed by atoms with Crippen LogP contribution in [0.25, 0.3) is 0 Å². The highest BCUT2D eigenvalue weighted by molar-refractivity contribution is 5.30. The Kier molecular flexibility index (Phi) is 5.86. The van der Waals surface area contributed by atoms with E-state index in [-0.39, 0.29) is 0 Å². The minimum absolute atomic E-state index is 0.398. The average molecular weight is 276 g/mol. The van der Waals surface area contributed by atoms with Crippen LogP contribution >= 0.6 is 0 Å². The highest BCUT2D eigenvalue weighted by atomic mass is 16.5. The van der Waals surface area contributed by atoms with Crippen LogP contribution in [0.15, 0.2) is 24.3 Å². The topological polar surface area (TPSA) is 24.5 Å². The van der Waals surface area contributed by atoms with E-state index in [9.17, 15) is 0 Å². The van der Waals surface area contributed by atoms with Crippen molar-refractivity contribution in [3.63, 3.8) is 0 Å². The third kappa shape index (κ3) is 4.22. The van der Waals surface area contributed by atoms with E-state index in [1.54, 1.807) is 7.11 Å². The molecular formula is C17H28N2O. The van der Waals surface area contributed by atoms with Crippen LogP contribution in [-0.2, 0) is 0 Å². The molecule has 1 aromatic rings. The molecule has 1 fully saturated rings. The number of methoxy groups -OCH3 is 1. The van der Waals surface area contributed by atoms with E-state index in [1.807, 2.05) is 6.07 Å². The predicted molar refractivity (Wildman–Crippen MR) is 84.2 cm³/mol. The Morgan fingerprint density at radius 1 is 1.45 bits per heavy atom. The first-order chi connectivity index (χ1) is 9.72. The van der Waals surface area contributed by atoms with Crippen molar-refractivity contribution in [2.75, 3.05) is 33.3 Å². The summed E-state index contributed by atoms with van der Waals surface area (Å²) < 4.78 is 5.36. The lowest BCUT2D eigenvalue weighted by Gasteiger charge is -2.25. The Balaban J connectivity index is 2.05. The largest absolute Gasteiger partial charge is 0.497 e. The van der Waals surface area contributed by atoms with Crippen molar-refractivity contribution < 1.29 is 4.74 Å². The lowest BCUT2D eigenvalue weighted by atomic mass is 10.1. The average Bonchev–Trinajstić information content (AvgIpc) is 2.88. The molecule has 20 heavy (non-hydrogen) atoms. The molecule has 0 saturated carbocycles. The summed E-state index contributed by atoms with van der Waals surface area (Å²) in [6.07, 6.45) is 2.50. The van der Waals surface area contributed by atoms with E-state index in [4.69, 9.17) is 4.74 Å². The summed E-state index contributed by atoms with van der Waals surface area (Å²) in [7, 11) is 1.73. The maximum absolute atomic E-state index is 5.36. The van der Waals surface area contributed by atoms with Gasteiger partial charge in [-0.05, 0) is 49.5 Å². The Morgan fingerprint density at radius 2 is 2.30 bits per heavy atom. The van der Waals surface area contributed by atoms with Gasteiger partial charge in [-0.1, -0.05) is 26.0 Å². The van der Waals surface area contributed by atoms with E-state index < -0.39 is 0 Å². The number of nitrogens with one attached hydrogen (secondary N) is 1. The van der Waals surface area contributed by atoms with Gasteiger partial charge in [0.15, 0.2) is 0 Å². The number of rotatable bonds is 7. The lowest BCUT2D eigenvalue weighted by molar-refractivity contribution is 0.284. The number of nitrogens with zero attached hydrogens (tertiary/aromatic N) is 1. The van der Waals surface area contributed by atoms with Gasteiger partial charge in [-0.15, -0.1) is 0 Å². The van der Waals surface area contributed by atoms with Crippen LogP contribution in [0.3, 0.4) is 0 Å². The van der Waals surface area contributed by atoms with Gasteiger partial charge in [-0.25, -0.2) is 0 Å². The molecule has 0 spiro atoms. The van der Waals surface area contributed by atoms with Crippen molar-refractivity contribution in [3.8, 4) is 5.75 Å². The second kappa shape index (κ2) is 7.65. The lowest BCUT2D eigenvalue weighted by Crippen LogP contribution is -2.34.